The predicted molar refractivity (Wildman–Crippen MR) is 149 cm³/mol. The monoisotopic (exact) mass is 609 g/mol. The number of aliphatic hydroxyl groups is 1. The van der Waals surface area contributed by atoms with Crippen molar-refractivity contribution in [3.05, 3.63) is 71.7 Å². The normalized spacial score (nSPS) is 18.7. The van der Waals surface area contributed by atoms with E-state index in [-0.39, 0.29) is 41.1 Å². The number of amides is 1. The molecule has 3 atom stereocenters. The summed E-state index contributed by atoms with van der Waals surface area (Å²) in [5.74, 6) is -0.363. The largest absolute Gasteiger partial charge is 0.488 e. The molecule has 0 spiro atoms. The van der Waals surface area contributed by atoms with Crippen molar-refractivity contribution in [2.24, 2.45) is 13.0 Å². The van der Waals surface area contributed by atoms with Crippen molar-refractivity contribution in [3.63, 3.8) is 0 Å². The fourth-order valence-corrected chi connectivity index (χ4v) is 5.75. The molecule has 2 N–H and O–H groups in total. The van der Waals surface area contributed by atoms with Gasteiger partial charge in [-0.3, -0.25) is 14.4 Å². The number of carbonyl (C=O) groups excluding carboxylic acids is 1. The van der Waals surface area contributed by atoms with Crippen LogP contribution in [0.2, 0.25) is 0 Å². The zero-order chi connectivity index (χ0) is 30.8. The van der Waals surface area contributed by atoms with Crippen molar-refractivity contribution in [2.45, 2.75) is 43.7 Å². The Hall–Kier alpha value is -3.62. The van der Waals surface area contributed by atoms with Gasteiger partial charge < -0.3 is 19.3 Å². The van der Waals surface area contributed by atoms with Crippen molar-refractivity contribution < 1.29 is 36.2 Å². The lowest BCUT2D eigenvalue weighted by atomic mass is 9.99. The Bertz CT molecular complexity index is 1510. The van der Waals surface area contributed by atoms with Crippen LogP contribution in [0.4, 0.5) is 18.9 Å². The Balaban J connectivity index is 1.59. The Morgan fingerprint density at radius 2 is 1.90 bits per heavy atom. The minimum atomic E-state index is -4.41. The minimum Gasteiger partial charge on any atom is -0.488 e. The molecular weight excluding hydrogens is 575 g/mol. The van der Waals surface area contributed by atoms with E-state index in [0.29, 0.717) is 18.7 Å². The minimum absolute atomic E-state index is 0.124. The van der Waals surface area contributed by atoms with Crippen LogP contribution in [0, 0.1) is 5.92 Å². The van der Waals surface area contributed by atoms with E-state index in [0.717, 1.165) is 12.1 Å². The van der Waals surface area contributed by atoms with Crippen molar-refractivity contribution in [1.82, 2.24) is 19.4 Å². The lowest BCUT2D eigenvalue weighted by Gasteiger charge is -2.38. The predicted octanol–water partition coefficient (Wildman–Crippen LogP) is 3.59. The molecule has 0 unspecified atom stereocenters. The molecule has 1 aliphatic rings. The average molecular weight is 610 g/mol. The number of hydrogen-bond donors (Lipinski definition) is 2. The van der Waals surface area contributed by atoms with Gasteiger partial charge in [0.1, 0.15) is 11.9 Å². The van der Waals surface area contributed by atoms with Gasteiger partial charge in [-0.25, -0.2) is 4.98 Å². The number of aryl methyl sites for hydroxylation is 1. The Morgan fingerprint density at radius 1 is 1.21 bits per heavy atom. The first kappa shape index (κ1) is 31.3. The third-order valence-corrected chi connectivity index (χ3v) is 8.36. The van der Waals surface area contributed by atoms with Crippen LogP contribution in [0.1, 0.15) is 35.3 Å². The zero-order valence-electron chi connectivity index (χ0n) is 23.7. The maximum Gasteiger partial charge on any atom is 0.416 e. The van der Waals surface area contributed by atoms with Crippen molar-refractivity contribution in [1.29, 1.82) is 0 Å². The maximum absolute atomic E-state index is 13.6. The highest BCUT2D eigenvalue weighted by atomic mass is 32.2. The van der Waals surface area contributed by atoms with Crippen LogP contribution >= 0.6 is 0 Å². The number of fused-ring (bicyclic) bond motifs is 1. The van der Waals surface area contributed by atoms with Crippen LogP contribution in [0.15, 0.2) is 60.0 Å². The molecule has 0 saturated heterocycles. The smallest absolute Gasteiger partial charge is 0.416 e. The molecule has 0 bridgehead atoms. The molecule has 0 saturated carbocycles. The highest BCUT2D eigenvalue weighted by Gasteiger charge is 2.34. The van der Waals surface area contributed by atoms with Crippen LogP contribution in [-0.2, 0) is 29.8 Å². The number of hydrogen-bond acceptors (Lipinski definition) is 7. The number of anilines is 1. The molecular formula is C28H34F3N5O5S. The number of nitrogens with one attached hydrogen (secondary N) is 1. The van der Waals surface area contributed by atoms with E-state index in [1.165, 1.54) is 52.3 Å². The SMILES string of the molecule is C[C@H](CO)N1C[C@H](C)[C@@H](CN(C)Cc2ccc(C(F)(F)F)cc2)Oc2ccc(NS(=O)(=O)c3cn(C)cn3)cc2C1=O. The summed E-state index contributed by atoms with van der Waals surface area (Å²) in [4.78, 5) is 21.0. The number of halogens is 3. The quantitative estimate of drug-likeness (QED) is 0.381. The first-order chi connectivity index (χ1) is 19.7. The highest BCUT2D eigenvalue weighted by Crippen LogP contribution is 2.32. The molecule has 0 aliphatic carbocycles. The van der Waals surface area contributed by atoms with Gasteiger partial charge in [-0.15, -0.1) is 0 Å². The molecule has 2 heterocycles. The number of imidazole rings is 1. The molecule has 10 nitrogen and oxygen atoms in total. The van der Waals surface area contributed by atoms with Crippen LogP contribution < -0.4 is 9.46 Å². The lowest BCUT2D eigenvalue weighted by molar-refractivity contribution is -0.137. The van der Waals surface area contributed by atoms with E-state index in [4.69, 9.17) is 4.74 Å². The number of nitrogens with zero attached hydrogens (tertiary/aromatic N) is 4. The molecule has 0 fully saturated rings. The summed E-state index contributed by atoms with van der Waals surface area (Å²) in [6.45, 7) is 4.35. The number of benzene rings is 2. The van der Waals surface area contributed by atoms with Crippen LogP contribution in [0.25, 0.3) is 0 Å². The van der Waals surface area contributed by atoms with Gasteiger partial charge in [-0.05, 0) is 49.9 Å². The van der Waals surface area contributed by atoms with Crippen molar-refractivity contribution in [2.75, 3.05) is 31.5 Å². The third-order valence-electron chi connectivity index (χ3n) is 7.10. The average Bonchev–Trinajstić information content (AvgIpc) is 3.37. The summed E-state index contributed by atoms with van der Waals surface area (Å²) in [7, 11) is -0.557. The van der Waals surface area contributed by atoms with Crippen molar-refractivity contribution in [3.8, 4) is 5.75 Å². The van der Waals surface area contributed by atoms with Gasteiger partial charge in [-0.1, -0.05) is 19.1 Å². The number of rotatable bonds is 9. The van der Waals surface area contributed by atoms with Crippen LogP contribution in [0.3, 0.4) is 0 Å². The first-order valence-electron chi connectivity index (χ1n) is 13.3. The van der Waals surface area contributed by atoms with Gasteiger partial charge in [0.2, 0.25) is 0 Å². The second-order valence-corrected chi connectivity index (χ2v) is 12.3. The van der Waals surface area contributed by atoms with E-state index in [2.05, 4.69) is 9.71 Å². The van der Waals surface area contributed by atoms with Gasteiger partial charge in [0.25, 0.3) is 15.9 Å². The van der Waals surface area contributed by atoms with Crippen LogP contribution in [-0.4, -0.2) is 77.7 Å². The standard InChI is InChI=1S/C28H34F3N5O5S/c1-18-12-36(19(2)16-37)27(38)23-11-22(33-42(39,40)26-15-35(4)17-32-26)9-10-24(23)41-25(18)14-34(3)13-20-5-7-21(8-6-20)28(29,30)31/h5-11,15,17-19,25,33,37H,12-14,16H2,1-4H3/t18-,19+,25+/m0/s1. The number of aromatic nitrogens is 2. The summed E-state index contributed by atoms with van der Waals surface area (Å²) in [6.07, 6.45) is -2.15. The number of sulfonamides is 1. The summed E-state index contributed by atoms with van der Waals surface area (Å²) in [6, 6.07) is 8.86. The van der Waals surface area contributed by atoms with Gasteiger partial charge >= 0.3 is 6.18 Å². The van der Waals surface area contributed by atoms with Gasteiger partial charge in [0.15, 0.2) is 5.03 Å². The molecule has 42 heavy (non-hydrogen) atoms. The molecule has 1 aliphatic heterocycles. The van der Waals surface area contributed by atoms with E-state index < -0.39 is 39.8 Å². The van der Waals surface area contributed by atoms with E-state index in [1.54, 1.807) is 14.0 Å². The summed E-state index contributed by atoms with van der Waals surface area (Å²) < 4.78 is 74.8. The Morgan fingerprint density at radius 3 is 2.50 bits per heavy atom. The molecule has 1 aromatic heterocycles. The topological polar surface area (TPSA) is 117 Å². The van der Waals surface area contributed by atoms with Gasteiger partial charge in [-0.2, -0.15) is 21.6 Å². The molecule has 3 aromatic rings. The molecule has 1 amide bonds. The second kappa shape index (κ2) is 12.3. The number of alkyl halides is 3. The Labute approximate surface area is 242 Å². The summed E-state index contributed by atoms with van der Waals surface area (Å²) >= 11 is 0. The molecule has 228 valence electrons. The third kappa shape index (κ3) is 7.23. The fraction of sp³-hybridized carbons (Fsp3) is 0.429. The van der Waals surface area contributed by atoms with E-state index in [9.17, 15) is 31.5 Å². The van der Waals surface area contributed by atoms with Crippen LogP contribution in [0.5, 0.6) is 5.75 Å². The van der Waals surface area contributed by atoms with Gasteiger partial charge in [0, 0.05) is 44.5 Å². The first-order valence-corrected chi connectivity index (χ1v) is 14.7. The van der Waals surface area contributed by atoms with Gasteiger partial charge in [0.05, 0.1) is 30.1 Å². The zero-order valence-corrected chi connectivity index (χ0v) is 24.5. The number of carbonyl (C=O) groups is 1. The molecule has 0 radical (unpaired) electrons. The summed E-state index contributed by atoms with van der Waals surface area (Å²) in [5.41, 5.74) is 0.239. The molecule has 14 heteroatoms. The second-order valence-electron chi connectivity index (χ2n) is 10.7. The number of ether oxygens (including phenoxy) is 1. The number of likely N-dealkylation sites (N-methyl/N-ethyl adjacent to an activating group) is 1. The van der Waals surface area contributed by atoms with E-state index in [1.807, 2.05) is 18.9 Å². The number of aliphatic hydroxyl groups excluding tert-OH is 1. The maximum atomic E-state index is 13.6. The Kier molecular flexibility index (Phi) is 9.18. The van der Waals surface area contributed by atoms with E-state index >= 15 is 0 Å². The highest BCUT2D eigenvalue weighted by molar-refractivity contribution is 7.92. The van der Waals surface area contributed by atoms with Crippen molar-refractivity contribution >= 4 is 21.6 Å². The molecule has 2 aromatic carbocycles. The summed E-state index contributed by atoms with van der Waals surface area (Å²) in [5, 5.41) is 9.70. The fourth-order valence-electron chi connectivity index (χ4n) is 4.72. The lowest BCUT2D eigenvalue weighted by Crippen LogP contribution is -2.49. The molecule has 4 rings (SSSR count).